The zero-order valence-electron chi connectivity index (χ0n) is 14.2. The van der Waals surface area contributed by atoms with Gasteiger partial charge in [-0.15, -0.1) is 10.2 Å². The highest BCUT2D eigenvalue weighted by atomic mass is 32.2. The summed E-state index contributed by atoms with van der Waals surface area (Å²) in [6.07, 6.45) is 0. The minimum Gasteiger partial charge on any atom is -0.411 e. The smallest absolute Gasteiger partial charge is 0.277 e. The van der Waals surface area contributed by atoms with Gasteiger partial charge < -0.3 is 9.73 Å². The van der Waals surface area contributed by atoms with Gasteiger partial charge in [0.25, 0.3) is 5.22 Å². The fourth-order valence-corrected chi connectivity index (χ4v) is 3.33. The number of nitrogens with zero attached hydrogens (tertiary/aromatic N) is 2. The van der Waals surface area contributed by atoms with Crippen LogP contribution in [0.5, 0.6) is 0 Å². The minimum absolute atomic E-state index is 0.0257. The third-order valence-electron chi connectivity index (χ3n) is 3.52. The van der Waals surface area contributed by atoms with Gasteiger partial charge in [0.2, 0.25) is 21.8 Å². The third kappa shape index (κ3) is 4.94. The molecule has 0 aliphatic carbocycles. The van der Waals surface area contributed by atoms with Crippen molar-refractivity contribution in [2.24, 2.45) is 5.14 Å². The maximum Gasteiger partial charge on any atom is 0.277 e. The predicted octanol–water partition coefficient (Wildman–Crippen LogP) is 2.50. The van der Waals surface area contributed by atoms with E-state index < -0.39 is 15.3 Å². The molecular weight excluding hydrogens is 388 g/mol. The second-order valence-corrected chi connectivity index (χ2v) is 8.41. The summed E-state index contributed by atoms with van der Waals surface area (Å²) in [7, 11) is -3.77. The van der Waals surface area contributed by atoms with Gasteiger partial charge in [0, 0.05) is 11.3 Å². The molecule has 0 aliphatic heterocycles. The molecule has 1 atom stereocenters. The molecule has 1 heterocycles. The van der Waals surface area contributed by atoms with E-state index in [-0.39, 0.29) is 16.0 Å². The normalized spacial score (nSPS) is 12.5. The van der Waals surface area contributed by atoms with Crippen molar-refractivity contribution in [1.29, 1.82) is 0 Å². The molecule has 0 aliphatic rings. The fourth-order valence-electron chi connectivity index (χ4n) is 2.13. The van der Waals surface area contributed by atoms with Crippen LogP contribution in [0.2, 0.25) is 0 Å². The SMILES string of the molecule is CC(Sc1nnc(-c2ccccc2)o1)C(=O)Nc1ccc(S(N)(=O)=O)cc1. The van der Waals surface area contributed by atoms with E-state index in [1.807, 2.05) is 30.3 Å². The second kappa shape index (κ2) is 7.91. The Labute approximate surface area is 160 Å². The lowest BCUT2D eigenvalue weighted by Gasteiger charge is -2.10. The number of carbonyl (C=O) groups is 1. The molecule has 10 heteroatoms. The van der Waals surface area contributed by atoms with Crippen LogP contribution in [0, 0.1) is 0 Å². The minimum atomic E-state index is -3.77. The molecule has 0 bridgehead atoms. The summed E-state index contributed by atoms with van der Waals surface area (Å²) in [4.78, 5) is 12.3. The van der Waals surface area contributed by atoms with Crippen molar-refractivity contribution in [3.8, 4) is 11.5 Å². The van der Waals surface area contributed by atoms with Gasteiger partial charge in [0.05, 0.1) is 10.1 Å². The number of thioether (sulfide) groups is 1. The Bertz CT molecular complexity index is 1030. The largest absolute Gasteiger partial charge is 0.411 e. The van der Waals surface area contributed by atoms with Crippen molar-refractivity contribution >= 4 is 33.4 Å². The molecule has 3 N–H and O–H groups in total. The number of benzene rings is 2. The lowest BCUT2D eigenvalue weighted by Crippen LogP contribution is -2.22. The Hall–Kier alpha value is -2.69. The first-order chi connectivity index (χ1) is 12.8. The molecule has 2 aromatic carbocycles. The molecule has 0 spiro atoms. The van der Waals surface area contributed by atoms with Gasteiger partial charge in [-0.3, -0.25) is 4.79 Å². The van der Waals surface area contributed by atoms with E-state index in [4.69, 9.17) is 9.56 Å². The standard InChI is InChI=1S/C17H16N4O4S2/c1-11(15(22)19-13-7-9-14(10-8-13)27(18,23)24)26-17-21-20-16(25-17)12-5-3-2-4-6-12/h2-11H,1H3,(H,19,22)(H2,18,23,24). The number of aromatic nitrogens is 2. The lowest BCUT2D eigenvalue weighted by atomic mass is 10.2. The van der Waals surface area contributed by atoms with Gasteiger partial charge >= 0.3 is 0 Å². The number of sulfonamides is 1. The van der Waals surface area contributed by atoms with Crippen LogP contribution in [-0.4, -0.2) is 29.8 Å². The lowest BCUT2D eigenvalue weighted by molar-refractivity contribution is -0.115. The van der Waals surface area contributed by atoms with Gasteiger partial charge in [-0.05, 0) is 43.3 Å². The van der Waals surface area contributed by atoms with Gasteiger partial charge in [0.1, 0.15) is 0 Å². The summed E-state index contributed by atoms with van der Waals surface area (Å²) in [5.41, 5.74) is 1.25. The first kappa shape index (κ1) is 19.1. The Balaban J connectivity index is 1.62. The fraction of sp³-hybridized carbons (Fsp3) is 0.118. The van der Waals surface area contributed by atoms with E-state index in [0.29, 0.717) is 11.6 Å². The number of nitrogens with one attached hydrogen (secondary N) is 1. The Kier molecular flexibility index (Phi) is 5.59. The van der Waals surface area contributed by atoms with Crippen LogP contribution in [-0.2, 0) is 14.8 Å². The number of hydrogen-bond acceptors (Lipinski definition) is 7. The molecule has 1 amide bonds. The molecule has 0 radical (unpaired) electrons. The molecule has 0 saturated carbocycles. The Morgan fingerprint density at radius 1 is 1.11 bits per heavy atom. The van der Waals surface area contributed by atoms with Gasteiger partial charge in [0.15, 0.2) is 0 Å². The molecule has 1 unspecified atom stereocenters. The van der Waals surface area contributed by atoms with E-state index in [1.54, 1.807) is 6.92 Å². The first-order valence-corrected chi connectivity index (χ1v) is 10.2. The van der Waals surface area contributed by atoms with Crippen molar-refractivity contribution in [2.45, 2.75) is 22.3 Å². The highest BCUT2D eigenvalue weighted by molar-refractivity contribution is 8.00. The van der Waals surface area contributed by atoms with E-state index in [2.05, 4.69) is 15.5 Å². The maximum atomic E-state index is 12.3. The van der Waals surface area contributed by atoms with E-state index in [1.165, 1.54) is 24.3 Å². The highest BCUT2D eigenvalue weighted by Crippen LogP contribution is 2.26. The molecule has 0 fully saturated rings. The van der Waals surface area contributed by atoms with Crippen molar-refractivity contribution in [2.75, 3.05) is 5.32 Å². The zero-order valence-corrected chi connectivity index (χ0v) is 15.8. The number of anilines is 1. The third-order valence-corrected chi connectivity index (χ3v) is 5.39. The van der Waals surface area contributed by atoms with Crippen LogP contribution in [0.3, 0.4) is 0 Å². The van der Waals surface area contributed by atoms with E-state index in [9.17, 15) is 13.2 Å². The van der Waals surface area contributed by atoms with Crippen LogP contribution >= 0.6 is 11.8 Å². The van der Waals surface area contributed by atoms with E-state index >= 15 is 0 Å². The number of nitrogens with two attached hydrogens (primary N) is 1. The molecule has 140 valence electrons. The molecule has 1 aromatic heterocycles. The van der Waals surface area contributed by atoms with Gasteiger partial charge in [-0.25, -0.2) is 13.6 Å². The molecular formula is C17H16N4O4S2. The summed E-state index contributed by atoms with van der Waals surface area (Å²) < 4.78 is 28.1. The molecule has 8 nitrogen and oxygen atoms in total. The average Bonchev–Trinajstić information content (AvgIpc) is 3.10. The Morgan fingerprint density at radius 2 is 1.78 bits per heavy atom. The van der Waals surface area contributed by atoms with Crippen LogP contribution in [0.15, 0.2) is 69.1 Å². The summed E-state index contributed by atoms with van der Waals surface area (Å²) in [6, 6.07) is 14.9. The quantitative estimate of drug-likeness (QED) is 0.604. The number of hydrogen-bond donors (Lipinski definition) is 2. The van der Waals surface area contributed by atoms with Crippen LogP contribution in [0.4, 0.5) is 5.69 Å². The van der Waals surface area contributed by atoms with Crippen molar-refractivity contribution in [3.63, 3.8) is 0 Å². The number of rotatable bonds is 6. The van der Waals surface area contributed by atoms with Crippen LogP contribution in [0.1, 0.15) is 6.92 Å². The predicted molar refractivity (Wildman–Crippen MR) is 101 cm³/mol. The first-order valence-electron chi connectivity index (χ1n) is 7.82. The summed E-state index contributed by atoms with van der Waals surface area (Å²) in [5, 5.41) is 15.4. The molecule has 3 rings (SSSR count). The van der Waals surface area contributed by atoms with Crippen molar-refractivity contribution in [1.82, 2.24) is 10.2 Å². The number of amides is 1. The highest BCUT2D eigenvalue weighted by Gasteiger charge is 2.19. The average molecular weight is 404 g/mol. The van der Waals surface area contributed by atoms with Gasteiger partial charge in [-0.1, -0.05) is 30.0 Å². The molecule has 0 saturated heterocycles. The maximum absolute atomic E-state index is 12.3. The van der Waals surface area contributed by atoms with Crippen molar-refractivity contribution in [3.05, 3.63) is 54.6 Å². The number of primary sulfonamides is 1. The van der Waals surface area contributed by atoms with E-state index in [0.717, 1.165) is 17.3 Å². The molecule has 27 heavy (non-hydrogen) atoms. The summed E-state index contributed by atoms with van der Waals surface area (Å²) in [5.74, 6) is 0.0899. The van der Waals surface area contributed by atoms with Crippen LogP contribution in [0.25, 0.3) is 11.5 Å². The van der Waals surface area contributed by atoms with Crippen LogP contribution < -0.4 is 10.5 Å². The summed E-state index contributed by atoms with van der Waals surface area (Å²) >= 11 is 1.13. The van der Waals surface area contributed by atoms with Crippen molar-refractivity contribution < 1.29 is 17.6 Å². The number of carbonyl (C=O) groups excluding carboxylic acids is 1. The topological polar surface area (TPSA) is 128 Å². The van der Waals surface area contributed by atoms with Gasteiger partial charge in [-0.2, -0.15) is 0 Å². The zero-order chi connectivity index (χ0) is 19.4. The molecule has 3 aromatic rings. The summed E-state index contributed by atoms with van der Waals surface area (Å²) in [6.45, 7) is 1.70. The second-order valence-electron chi connectivity index (χ2n) is 5.56. The Morgan fingerprint density at radius 3 is 2.41 bits per heavy atom. The monoisotopic (exact) mass is 404 g/mol.